The number of carbonyl (C=O) groups excluding carboxylic acids is 1. The van der Waals surface area contributed by atoms with Crippen LogP contribution in [-0.4, -0.2) is 51.5 Å². The van der Waals surface area contributed by atoms with E-state index in [4.69, 9.17) is 4.74 Å². The first-order valence-corrected chi connectivity index (χ1v) is 10.0. The molecule has 0 N–H and O–H groups in total. The third-order valence-corrected chi connectivity index (χ3v) is 6.44. The largest absolute Gasteiger partial charge is 0.460 e. The normalized spacial score (nSPS) is 28.4. The molecule has 2 saturated carbocycles. The van der Waals surface area contributed by atoms with Gasteiger partial charge >= 0.3 is 12.2 Å². The van der Waals surface area contributed by atoms with Crippen molar-refractivity contribution < 1.29 is 22.7 Å². The highest BCUT2D eigenvalue weighted by molar-refractivity contribution is 7.99. The molecule has 1 aromatic rings. The quantitative estimate of drug-likeness (QED) is 0.797. The molecule has 1 aliphatic heterocycles. The number of alkyl halides is 3. The van der Waals surface area contributed by atoms with Gasteiger partial charge in [-0.25, -0.2) is 4.98 Å². The first-order chi connectivity index (χ1) is 12.4. The summed E-state index contributed by atoms with van der Waals surface area (Å²) in [7, 11) is 0. The molecule has 0 spiro atoms. The zero-order valence-electron chi connectivity index (χ0n) is 14.2. The van der Waals surface area contributed by atoms with Gasteiger partial charge in [-0.15, -0.1) is 0 Å². The Labute approximate surface area is 153 Å². The van der Waals surface area contributed by atoms with Gasteiger partial charge in [-0.3, -0.25) is 4.79 Å². The van der Waals surface area contributed by atoms with Gasteiger partial charge in [0, 0.05) is 30.8 Å². The molecular formula is C17H20F3N3O2S. The van der Waals surface area contributed by atoms with Crippen LogP contribution in [0.2, 0.25) is 0 Å². The number of halogens is 3. The molecular weight excluding hydrogens is 367 g/mol. The summed E-state index contributed by atoms with van der Waals surface area (Å²) in [5.41, 5.74) is -1.70. The number of hydrogen-bond donors (Lipinski definition) is 0. The number of rotatable bonds is 3. The summed E-state index contributed by atoms with van der Waals surface area (Å²) in [6, 6.07) is -0.277. The van der Waals surface area contributed by atoms with Crippen molar-refractivity contribution in [3.63, 3.8) is 0 Å². The van der Waals surface area contributed by atoms with Crippen molar-refractivity contribution in [2.24, 2.45) is 11.8 Å². The molecule has 2 aliphatic carbocycles. The Hall–Kier alpha value is -1.51. The zero-order chi connectivity index (χ0) is 18.3. The first kappa shape index (κ1) is 17.9. The summed E-state index contributed by atoms with van der Waals surface area (Å²) < 4.78 is 46.2. The van der Waals surface area contributed by atoms with Gasteiger partial charge in [-0.05, 0) is 37.5 Å². The van der Waals surface area contributed by atoms with Gasteiger partial charge in [0.25, 0.3) is 5.91 Å². The molecule has 4 rings (SSSR count). The average molecular weight is 387 g/mol. The standard InChI is InChI=1S/C17H20F3N3O2S/c18-17(19,20)14-12(15(24)23-3-5-26-6-4-23)9-21-16(22-14)25-13-8-10-1-2-11(13)7-10/h9-11,13H,1-8H2/t10-,11-,13-/m1/s1. The lowest BCUT2D eigenvalue weighted by Crippen LogP contribution is -2.39. The maximum atomic E-state index is 13.5. The van der Waals surface area contributed by atoms with E-state index < -0.39 is 23.3 Å². The highest BCUT2D eigenvalue weighted by Gasteiger charge is 2.43. The maximum absolute atomic E-state index is 13.5. The summed E-state index contributed by atoms with van der Waals surface area (Å²) in [5.74, 6) is 1.76. The average Bonchev–Trinajstić information content (AvgIpc) is 3.24. The number of nitrogens with zero attached hydrogens (tertiary/aromatic N) is 3. The Balaban J connectivity index is 1.57. The van der Waals surface area contributed by atoms with E-state index in [1.54, 1.807) is 11.8 Å². The minimum absolute atomic E-state index is 0.115. The number of fused-ring (bicyclic) bond motifs is 2. The molecule has 2 heterocycles. The van der Waals surface area contributed by atoms with Crippen molar-refractivity contribution in [2.45, 2.75) is 38.0 Å². The summed E-state index contributed by atoms with van der Waals surface area (Å²) in [6.07, 6.45) is 0.261. The monoisotopic (exact) mass is 387 g/mol. The van der Waals surface area contributed by atoms with Crippen LogP contribution in [-0.2, 0) is 6.18 Å². The molecule has 1 amide bonds. The minimum atomic E-state index is -4.73. The zero-order valence-corrected chi connectivity index (χ0v) is 15.0. The summed E-state index contributed by atoms with van der Waals surface area (Å²) >= 11 is 1.68. The number of amides is 1. The minimum Gasteiger partial charge on any atom is -0.460 e. The summed E-state index contributed by atoms with van der Waals surface area (Å²) in [4.78, 5) is 21.5. The first-order valence-electron chi connectivity index (χ1n) is 8.89. The fourth-order valence-corrected chi connectivity index (χ4v) is 5.10. The third kappa shape index (κ3) is 3.50. The Bertz CT molecular complexity index is 694. The van der Waals surface area contributed by atoms with Crippen molar-refractivity contribution in [3.8, 4) is 6.01 Å². The predicted molar refractivity (Wildman–Crippen MR) is 90.1 cm³/mol. The summed E-state index contributed by atoms with van der Waals surface area (Å²) in [5, 5.41) is 0. The Morgan fingerprint density at radius 3 is 2.62 bits per heavy atom. The molecule has 26 heavy (non-hydrogen) atoms. The van der Waals surface area contributed by atoms with Crippen molar-refractivity contribution in [3.05, 3.63) is 17.5 Å². The summed E-state index contributed by atoms with van der Waals surface area (Å²) in [6.45, 7) is 0.869. The van der Waals surface area contributed by atoms with Gasteiger partial charge in [-0.2, -0.15) is 29.9 Å². The molecule has 9 heteroatoms. The van der Waals surface area contributed by atoms with Crippen LogP contribution >= 0.6 is 11.8 Å². The van der Waals surface area contributed by atoms with Crippen molar-refractivity contribution in [2.75, 3.05) is 24.6 Å². The van der Waals surface area contributed by atoms with E-state index in [2.05, 4.69) is 9.97 Å². The molecule has 2 bridgehead atoms. The molecule has 0 radical (unpaired) electrons. The number of hydrogen-bond acceptors (Lipinski definition) is 5. The second-order valence-corrected chi connectivity index (χ2v) is 8.37. The van der Waals surface area contributed by atoms with E-state index in [-0.39, 0.29) is 12.1 Å². The SMILES string of the molecule is O=C(c1cnc(O[C@@H]2C[C@@H]3CC[C@@H]2C3)nc1C(F)(F)F)N1CCSCC1. The topological polar surface area (TPSA) is 55.3 Å². The van der Waals surface area contributed by atoms with Crippen LogP contribution in [0.5, 0.6) is 6.01 Å². The Kier molecular flexibility index (Phi) is 4.75. The van der Waals surface area contributed by atoms with Crippen LogP contribution < -0.4 is 4.74 Å². The number of carbonyl (C=O) groups is 1. The van der Waals surface area contributed by atoms with E-state index in [0.717, 1.165) is 37.0 Å². The second-order valence-electron chi connectivity index (χ2n) is 7.15. The van der Waals surface area contributed by atoms with Gasteiger partial charge < -0.3 is 9.64 Å². The van der Waals surface area contributed by atoms with Crippen molar-refractivity contribution in [1.29, 1.82) is 0 Å². The molecule has 142 valence electrons. The lowest BCUT2D eigenvalue weighted by molar-refractivity contribution is -0.142. The maximum Gasteiger partial charge on any atom is 0.434 e. The Morgan fingerprint density at radius 2 is 2.00 bits per heavy atom. The number of thioether (sulfide) groups is 1. The number of aromatic nitrogens is 2. The van der Waals surface area contributed by atoms with Gasteiger partial charge in [0.15, 0.2) is 5.69 Å². The molecule has 5 nitrogen and oxygen atoms in total. The van der Waals surface area contributed by atoms with Crippen molar-refractivity contribution in [1.82, 2.24) is 14.9 Å². The molecule has 0 aromatic carbocycles. The van der Waals surface area contributed by atoms with Crippen molar-refractivity contribution >= 4 is 17.7 Å². The highest BCUT2D eigenvalue weighted by atomic mass is 32.2. The predicted octanol–water partition coefficient (Wildman–Crippen LogP) is 3.25. The highest BCUT2D eigenvalue weighted by Crippen LogP contribution is 2.45. The molecule has 0 unspecified atom stereocenters. The van der Waals surface area contributed by atoms with Crippen LogP contribution in [0.25, 0.3) is 0 Å². The molecule has 1 aromatic heterocycles. The van der Waals surface area contributed by atoms with Crippen LogP contribution in [0.1, 0.15) is 41.7 Å². The Morgan fingerprint density at radius 1 is 1.23 bits per heavy atom. The fraction of sp³-hybridized carbons (Fsp3) is 0.706. The second kappa shape index (κ2) is 6.90. The van der Waals surface area contributed by atoms with E-state index in [9.17, 15) is 18.0 Å². The van der Waals surface area contributed by atoms with Gasteiger partial charge in [0.1, 0.15) is 6.10 Å². The van der Waals surface area contributed by atoms with Crippen LogP contribution in [0.4, 0.5) is 13.2 Å². The number of ether oxygens (including phenoxy) is 1. The third-order valence-electron chi connectivity index (χ3n) is 5.49. The van der Waals surface area contributed by atoms with E-state index >= 15 is 0 Å². The fourth-order valence-electron chi connectivity index (χ4n) is 4.20. The van der Waals surface area contributed by atoms with Crippen LogP contribution in [0.15, 0.2) is 6.20 Å². The molecule has 3 aliphatic rings. The molecule has 3 atom stereocenters. The lowest BCUT2D eigenvalue weighted by Gasteiger charge is -2.27. The van der Waals surface area contributed by atoms with Gasteiger partial charge in [0.05, 0.1) is 5.56 Å². The molecule has 3 fully saturated rings. The van der Waals surface area contributed by atoms with E-state index in [1.807, 2.05) is 0 Å². The lowest BCUT2D eigenvalue weighted by atomic mass is 9.98. The van der Waals surface area contributed by atoms with Gasteiger partial charge in [0.2, 0.25) is 0 Å². The smallest absolute Gasteiger partial charge is 0.434 e. The molecule has 1 saturated heterocycles. The van der Waals surface area contributed by atoms with Gasteiger partial charge in [-0.1, -0.05) is 0 Å². The van der Waals surface area contributed by atoms with E-state index in [0.29, 0.717) is 24.9 Å². The van der Waals surface area contributed by atoms with E-state index in [1.165, 1.54) is 11.3 Å². The van der Waals surface area contributed by atoms with Crippen LogP contribution in [0.3, 0.4) is 0 Å². The van der Waals surface area contributed by atoms with Crippen LogP contribution in [0, 0.1) is 11.8 Å².